The molecule has 0 saturated carbocycles. The van der Waals surface area contributed by atoms with E-state index in [0.717, 1.165) is 22.9 Å². The molecule has 2 amide bonds. The van der Waals surface area contributed by atoms with E-state index in [9.17, 15) is 9.59 Å². The minimum Gasteiger partial charge on any atom is -0.465 e. The molecule has 2 heterocycles. The molecule has 4 nitrogen and oxygen atoms in total. The van der Waals surface area contributed by atoms with E-state index < -0.39 is 0 Å². The molecule has 6 heteroatoms. The molecule has 1 aliphatic heterocycles. The Morgan fingerprint density at radius 1 is 1.25 bits per heavy atom. The predicted molar refractivity (Wildman–Crippen MR) is 95.4 cm³/mol. The minimum absolute atomic E-state index is 0.169. The number of amides is 2. The highest BCUT2D eigenvalue weighted by Crippen LogP contribution is 2.33. The Morgan fingerprint density at radius 2 is 2.04 bits per heavy atom. The topological polar surface area (TPSA) is 50.5 Å². The quantitative estimate of drug-likeness (QED) is 0.711. The fraction of sp³-hybridized carbons (Fsp3) is 0.111. The number of furan rings is 1. The highest BCUT2D eigenvalue weighted by molar-refractivity contribution is 8.18. The van der Waals surface area contributed by atoms with Gasteiger partial charge >= 0.3 is 0 Å². The van der Waals surface area contributed by atoms with Crippen molar-refractivity contribution in [1.29, 1.82) is 0 Å². The molecule has 1 aromatic carbocycles. The van der Waals surface area contributed by atoms with Crippen LogP contribution in [0.15, 0.2) is 63.6 Å². The zero-order chi connectivity index (χ0) is 17.1. The van der Waals surface area contributed by atoms with Crippen LogP contribution in [0.4, 0.5) is 4.79 Å². The summed E-state index contributed by atoms with van der Waals surface area (Å²) in [6.07, 6.45) is 5.08. The van der Waals surface area contributed by atoms with Crippen LogP contribution in [0.5, 0.6) is 0 Å². The number of halogens is 1. The summed E-state index contributed by atoms with van der Waals surface area (Å²) in [5.74, 6) is 0.385. The number of imide groups is 1. The maximum Gasteiger partial charge on any atom is 0.293 e. The third-order valence-electron chi connectivity index (χ3n) is 3.43. The van der Waals surface area contributed by atoms with Gasteiger partial charge in [-0.15, -0.1) is 0 Å². The number of benzene rings is 1. The number of hydrogen-bond donors (Lipinski definition) is 0. The third kappa shape index (κ3) is 3.63. The summed E-state index contributed by atoms with van der Waals surface area (Å²) in [5.41, 5.74) is 1.57. The third-order valence-corrected chi connectivity index (χ3v) is 4.71. The van der Waals surface area contributed by atoms with Gasteiger partial charge in [0.2, 0.25) is 0 Å². The summed E-state index contributed by atoms with van der Waals surface area (Å²) in [5, 5.41) is 0.242. The van der Waals surface area contributed by atoms with Gasteiger partial charge in [0.15, 0.2) is 0 Å². The molecule has 1 aromatic heterocycles. The van der Waals surface area contributed by atoms with Crippen LogP contribution in [0.3, 0.4) is 0 Å². The molecule has 3 rings (SSSR count). The van der Waals surface area contributed by atoms with Gasteiger partial charge in [0.25, 0.3) is 11.1 Å². The standard InChI is InChI=1S/C18H14ClNO3S/c1-12(9-14-6-4-8-23-14)10-16-17(21)20(18(22)24-16)11-13-5-2-3-7-15(13)19/h2-10H,11H2,1H3/b12-9+,16-10-. The van der Waals surface area contributed by atoms with Crippen LogP contribution in [0.2, 0.25) is 5.02 Å². The van der Waals surface area contributed by atoms with Crippen molar-refractivity contribution in [2.75, 3.05) is 0 Å². The summed E-state index contributed by atoms with van der Waals surface area (Å²) >= 11 is 7.04. The average molecular weight is 360 g/mol. The van der Waals surface area contributed by atoms with Gasteiger partial charge in [0, 0.05) is 5.02 Å². The van der Waals surface area contributed by atoms with Crippen molar-refractivity contribution in [2.24, 2.45) is 0 Å². The van der Waals surface area contributed by atoms with Crippen LogP contribution in [0.25, 0.3) is 6.08 Å². The summed E-state index contributed by atoms with van der Waals surface area (Å²) in [6, 6.07) is 10.8. The van der Waals surface area contributed by atoms with Crippen molar-refractivity contribution < 1.29 is 14.0 Å². The van der Waals surface area contributed by atoms with Crippen molar-refractivity contribution in [3.05, 3.63) is 75.6 Å². The summed E-state index contributed by atoms with van der Waals surface area (Å²) in [4.78, 5) is 26.2. The predicted octanol–water partition coefficient (Wildman–Crippen LogP) is 5.12. The largest absolute Gasteiger partial charge is 0.465 e. The highest BCUT2D eigenvalue weighted by Gasteiger charge is 2.35. The number of nitrogens with zero attached hydrogens (tertiary/aromatic N) is 1. The molecule has 1 saturated heterocycles. The Morgan fingerprint density at radius 3 is 2.75 bits per heavy atom. The lowest BCUT2D eigenvalue weighted by Gasteiger charge is -2.13. The van der Waals surface area contributed by atoms with E-state index in [-0.39, 0.29) is 17.7 Å². The van der Waals surface area contributed by atoms with Gasteiger partial charge in [-0.3, -0.25) is 14.5 Å². The fourth-order valence-corrected chi connectivity index (χ4v) is 3.36. The van der Waals surface area contributed by atoms with Crippen LogP contribution >= 0.6 is 23.4 Å². The van der Waals surface area contributed by atoms with Crippen LogP contribution < -0.4 is 0 Å². The normalized spacial score (nSPS) is 17.2. The highest BCUT2D eigenvalue weighted by atomic mass is 35.5. The lowest BCUT2D eigenvalue weighted by atomic mass is 10.2. The Hall–Kier alpha value is -2.24. The van der Waals surface area contributed by atoms with E-state index in [0.29, 0.717) is 15.7 Å². The molecule has 0 N–H and O–H groups in total. The minimum atomic E-state index is -0.308. The first-order valence-electron chi connectivity index (χ1n) is 7.25. The Kier molecular flexibility index (Phi) is 4.92. The summed E-state index contributed by atoms with van der Waals surface area (Å²) in [6.45, 7) is 2.02. The molecule has 0 atom stereocenters. The maximum absolute atomic E-state index is 12.5. The van der Waals surface area contributed by atoms with Gasteiger partial charge in [0.1, 0.15) is 5.76 Å². The molecule has 0 radical (unpaired) electrons. The molecule has 0 aliphatic carbocycles. The number of hydrogen-bond acceptors (Lipinski definition) is 4. The molecule has 24 heavy (non-hydrogen) atoms. The Bertz CT molecular complexity index is 840. The van der Waals surface area contributed by atoms with E-state index in [2.05, 4.69) is 0 Å². The van der Waals surface area contributed by atoms with Gasteiger partial charge < -0.3 is 4.42 Å². The molecule has 0 unspecified atom stereocenters. The first kappa shape index (κ1) is 16.6. The molecule has 0 spiro atoms. The van der Waals surface area contributed by atoms with E-state index in [1.54, 1.807) is 30.5 Å². The zero-order valence-electron chi connectivity index (χ0n) is 12.9. The monoisotopic (exact) mass is 359 g/mol. The SMILES string of the molecule is CC(/C=C1\SC(=O)N(Cc2ccccc2Cl)C1=O)=C\c1ccco1. The smallest absolute Gasteiger partial charge is 0.293 e. The zero-order valence-corrected chi connectivity index (χ0v) is 14.4. The van der Waals surface area contributed by atoms with Crippen molar-refractivity contribution in [3.63, 3.8) is 0 Å². The summed E-state index contributed by atoms with van der Waals surface area (Å²) in [7, 11) is 0. The van der Waals surface area contributed by atoms with Gasteiger partial charge in [-0.2, -0.15) is 0 Å². The molecule has 1 aliphatic rings. The van der Waals surface area contributed by atoms with Gasteiger partial charge in [0.05, 0.1) is 17.7 Å². The lowest BCUT2D eigenvalue weighted by Crippen LogP contribution is -2.27. The van der Waals surface area contributed by atoms with E-state index in [1.807, 2.05) is 31.2 Å². The number of thioether (sulfide) groups is 1. The van der Waals surface area contributed by atoms with Crippen molar-refractivity contribution in [1.82, 2.24) is 4.90 Å². The van der Waals surface area contributed by atoms with Crippen LogP contribution in [0.1, 0.15) is 18.2 Å². The molecule has 0 bridgehead atoms. The Balaban J connectivity index is 1.79. The fourth-order valence-electron chi connectivity index (χ4n) is 2.28. The van der Waals surface area contributed by atoms with Crippen LogP contribution in [-0.2, 0) is 11.3 Å². The number of allylic oxidation sites excluding steroid dienone is 2. The number of carbonyl (C=O) groups is 2. The van der Waals surface area contributed by atoms with Gasteiger partial charge in [-0.05, 0) is 60.2 Å². The first-order valence-corrected chi connectivity index (χ1v) is 8.44. The van der Waals surface area contributed by atoms with E-state index in [1.165, 1.54) is 4.90 Å². The summed E-state index contributed by atoms with van der Waals surface area (Å²) < 4.78 is 5.24. The molecular formula is C18H14ClNO3S. The van der Waals surface area contributed by atoms with Crippen molar-refractivity contribution in [2.45, 2.75) is 13.5 Å². The second-order valence-corrected chi connectivity index (χ2v) is 6.66. The number of carbonyl (C=O) groups excluding carboxylic acids is 2. The van der Waals surface area contributed by atoms with E-state index in [4.69, 9.17) is 16.0 Å². The molecular weight excluding hydrogens is 346 g/mol. The average Bonchev–Trinajstić information content (AvgIpc) is 3.13. The lowest BCUT2D eigenvalue weighted by molar-refractivity contribution is -0.123. The van der Waals surface area contributed by atoms with Crippen LogP contribution in [0, 0.1) is 0 Å². The number of rotatable bonds is 4. The van der Waals surface area contributed by atoms with Gasteiger partial charge in [-0.25, -0.2) is 0 Å². The van der Waals surface area contributed by atoms with E-state index >= 15 is 0 Å². The van der Waals surface area contributed by atoms with Crippen molar-refractivity contribution >= 4 is 40.6 Å². The molecule has 1 fully saturated rings. The molecule has 122 valence electrons. The Labute approximate surface area is 148 Å². The maximum atomic E-state index is 12.5. The second-order valence-electron chi connectivity index (χ2n) is 5.26. The van der Waals surface area contributed by atoms with Crippen LogP contribution in [-0.4, -0.2) is 16.0 Å². The van der Waals surface area contributed by atoms with Gasteiger partial charge in [-0.1, -0.05) is 29.8 Å². The van der Waals surface area contributed by atoms with Crippen molar-refractivity contribution in [3.8, 4) is 0 Å². The second kappa shape index (κ2) is 7.11. The first-order chi connectivity index (χ1) is 11.5. The molecule has 2 aromatic rings.